The lowest BCUT2D eigenvalue weighted by Gasteiger charge is -2.14. The first-order valence-electron chi connectivity index (χ1n) is 5.04. The van der Waals surface area contributed by atoms with Crippen molar-refractivity contribution in [3.05, 3.63) is 16.5 Å². The van der Waals surface area contributed by atoms with Gasteiger partial charge in [-0.2, -0.15) is 0 Å². The third kappa shape index (κ3) is 3.05. The van der Waals surface area contributed by atoms with E-state index in [1.807, 2.05) is 20.8 Å². The second-order valence-corrected chi connectivity index (χ2v) is 7.07. The Morgan fingerprint density at radius 3 is 2.29 bits per heavy atom. The van der Waals surface area contributed by atoms with Crippen LogP contribution in [0.3, 0.4) is 0 Å². The van der Waals surface area contributed by atoms with Crippen molar-refractivity contribution in [2.75, 3.05) is 0 Å². The van der Waals surface area contributed by atoms with Crippen LogP contribution in [0.15, 0.2) is 10.3 Å². The number of carboxylic acids is 1. The summed E-state index contributed by atoms with van der Waals surface area (Å²) in [4.78, 5) is 11.1. The van der Waals surface area contributed by atoms with Gasteiger partial charge in [0.05, 0.1) is 0 Å². The highest BCUT2D eigenvalue weighted by atomic mass is 32.2. The lowest BCUT2D eigenvalue weighted by Crippen LogP contribution is -2.10. The zero-order valence-electron chi connectivity index (χ0n) is 9.80. The maximum Gasteiger partial charge on any atom is 0.346 e. The molecule has 0 saturated carbocycles. The molecule has 0 aliphatic heterocycles. The molecular formula is C10H15NO4S2. The van der Waals surface area contributed by atoms with E-state index >= 15 is 0 Å². The summed E-state index contributed by atoms with van der Waals surface area (Å²) < 4.78 is 22.3. The van der Waals surface area contributed by atoms with E-state index in [1.165, 1.54) is 6.07 Å². The minimum atomic E-state index is -3.84. The standard InChI is InChI=1S/C10H15NO4S2/c1-5(2)6(3)7-4-8(17(11,14)15)16-9(7)10(12)13/h4-6H,1-3H3,(H,12,13)(H2,11,14,15). The van der Waals surface area contributed by atoms with Crippen molar-refractivity contribution < 1.29 is 18.3 Å². The Morgan fingerprint density at radius 1 is 1.41 bits per heavy atom. The quantitative estimate of drug-likeness (QED) is 0.877. The third-order valence-corrected chi connectivity index (χ3v) is 5.26. The predicted molar refractivity (Wildman–Crippen MR) is 65.9 cm³/mol. The van der Waals surface area contributed by atoms with E-state index in [0.717, 1.165) is 0 Å². The summed E-state index contributed by atoms with van der Waals surface area (Å²) in [5.41, 5.74) is 0.529. The Balaban J connectivity index is 3.39. The Morgan fingerprint density at radius 2 is 1.94 bits per heavy atom. The van der Waals surface area contributed by atoms with Crippen molar-refractivity contribution in [3.8, 4) is 0 Å². The van der Waals surface area contributed by atoms with Gasteiger partial charge in [-0.3, -0.25) is 0 Å². The third-order valence-electron chi connectivity index (χ3n) is 2.70. The molecule has 1 unspecified atom stereocenters. The second kappa shape index (κ2) is 4.75. The van der Waals surface area contributed by atoms with Gasteiger partial charge in [0.2, 0.25) is 10.0 Å². The molecule has 0 aliphatic carbocycles. The molecule has 0 saturated heterocycles. The number of nitrogens with two attached hydrogens (primary N) is 1. The smallest absolute Gasteiger partial charge is 0.346 e. The predicted octanol–water partition coefficient (Wildman–Crippen LogP) is 1.85. The molecule has 1 rings (SSSR count). The normalized spacial score (nSPS) is 13.9. The van der Waals surface area contributed by atoms with Crippen LogP contribution in [0.1, 0.15) is 41.9 Å². The second-order valence-electron chi connectivity index (χ2n) is 4.23. The summed E-state index contributed by atoms with van der Waals surface area (Å²) in [6.45, 7) is 5.77. The van der Waals surface area contributed by atoms with Crippen LogP contribution in [-0.2, 0) is 10.0 Å². The van der Waals surface area contributed by atoms with Crippen molar-refractivity contribution >= 4 is 27.3 Å². The van der Waals surface area contributed by atoms with Gasteiger partial charge in [0.1, 0.15) is 9.09 Å². The van der Waals surface area contributed by atoms with Gasteiger partial charge in [0, 0.05) is 0 Å². The minimum Gasteiger partial charge on any atom is -0.477 e. The summed E-state index contributed by atoms with van der Waals surface area (Å²) >= 11 is 0.708. The molecule has 0 amide bonds. The van der Waals surface area contributed by atoms with Crippen LogP contribution in [0.25, 0.3) is 0 Å². The zero-order chi connectivity index (χ0) is 13.4. The van der Waals surface area contributed by atoms with E-state index in [2.05, 4.69) is 0 Å². The maximum absolute atomic E-state index is 11.2. The molecule has 0 aliphatic rings. The zero-order valence-corrected chi connectivity index (χ0v) is 11.4. The SMILES string of the molecule is CC(C)C(C)c1cc(S(N)(=O)=O)sc1C(=O)O. The first kappa shape index (κ1) is 14.1. The molecule has 0 aromatic carbocycles. The number of rotatable bonds is 4. The van der Waals surface area contributed by atoms with Gasteiger partial charge in [-0.05, 0) is 23.5 Å². The summed E-state index contributed by atoms with van der Waals surface area (Å²) in [5, 5.41) is 14.1. The average Bonchev–Trinajstić information content (AvgIpc) is 2.59. The van der Waals surface area contributed by atoms with Crippen LogP contribution in [-0.4, -0.2) is 19.5 Å². The van der Waals surface area contributed by atoms with Crippen LogP contribution in [0.2, 0.25) is 0 Å². The molecule has 5 nitrogen and oxygen atoms in total. The van der Waals surface area contributed by atoms with E-state index in [0.29, 0.717) is 16.9 Å². The van der Waals surface area contributed by atoms with Gasteiger partial charge < -0.3 is 5.11 Å². The van der Waals surface area contributed by atoms with E-state index in [1.54, 1.807) is 0 Å². The van der Waals surface area contributed by atoms with Crippen molar-refractivity contribution in [2.45, 2.75) is 30.9 Å². The summed E-state index contributed by atoms with van der Waals surface area (Å²) in [7, 11) is -3.84. The van der Waals surface area contributed by atoms with Gasteiger partial charge in [-0.1, -0.05) is 20.8 Å². The first-order valence-corrected chi connectivity index (χ1v) is 7.40. The highest BCUT2D eigenvalue weighted by molar-refractivity contribution is 7.91. The summed E-state index contributed by atoms with van der Waals surface area (Å²) in [6.07, 6.45) is 0. The summed E-state index contributed by atoms with van der Waals surface area (Å²) in [6, 6.07) is 1.37. The van der Waals surface area contributed by atoms with E-state index in [9.17, 15) is 13.2 Å². The molecule has 0 bridgehead atoms. The molecule has 1 aromatic heterocycles. The van der Waals surface area contributed by atoms with Gasteiger partial charge >= 0.3 is 5.97 Å². The first-order chi connectivity index (χ1) is 7.64. The van der Waals surface area contributed by atoms with Crippen LogP contribution < -0.4 is 5.14 Å². The fourth-order valence-electron chi connectivity index (χ4n) is 1.39. The molecule has 1 atom stereocenters. The highest BCUT2D eigenvalue weighted by Gasteiger charge is 2.25. The Bertz CT molecular complexity index is 531. The topological polar surface area (TPSA) is 97.5 Å². The van der Waals surface area contributed by atoms with Crippen LogP contribution in [0, 0.1) is 5.92 Å². The number of carboxylic acid groups (broad SMARTS) is 1. The molecule has 96 valence electrons. The number of thiophene rings is 1. The van der Waals surface area contributed by atoms with Crippen LogP contribution >= 0.6 is 11.3 Å². The monoisotopic (exact) mass is 277 g/mol. The van der Waals surface area contributed by atoms with E-state index < -0.39 is 16.0 Å². The fourth-order valence-corrected chi connectivity index (χ4v) is 3.23. The Kier molecular flexibility index (Phi) is 3.95. The average molecular weight is 277 g/mol. The van der Waals surface area contributed by atoms with Crippen LogP contribution in [0.5, 0.6) is 0 Å². The fraction of sp³-hybridized carbons (Fsp3) is 0.500. The van der Waals surface area contributed by atoms with Gasteiger partial charge in [-0.15, -0.1) is 11.3 Å². The molecule has 0 fully saturated rings. The lowest BCUT2D eigenvalue weighted by atomic mass is 9.91. The Hall–Kier alpha value is -0.920. The largest absolute Gasteiger partial charge is 0.477 e. The molecule has 0 radical (unpaired) electrons. The van der Waals surface area contributed by atoms with Gasteiger partial charge in [-0.25, -0.2) is 18.4 Å². The number of carbonyl (C=O) groups is 1. The minimum absolute atomic E-state index is 0.0344. The van der Waals surface area contributed by atoms with Crippen LogP contribution in [0.4, 0.5) is 0 Å². The molecule has 0 spiro atoms. The van der Waals surface area contributed by atoms with Crippen molar-refractivity contribution in [1.29, 1.82) is 0 Å². The highest BCUT2D eigenvalue weighted by Crippen LogP contribution is 2.34. The van der Waals surface area contributed by atoms with Gasteiger partial charge in [0.15, 0.2) is 0 Å². The van der Waals surface area contributed by atoms with Crippen molar-refractivity contribution in [1.82, 2.24) is 0 Å². The van der Waals surface area contributed by atoms with E-state index in [-0.39, 0.29) is 20.9 Å². The summed E-state index contributed by atoms with van der Waals surface area (Å²) in [5.74, 6) is -0.934. The van der Waals surface area contributed by atoms with Gasteiger partial charge in [0.25, 0.3) is 0 Å². The molecule has 3 N–H and O–H groups in total. The molecule has 7 heteroatoms. The van der Waals surface area contributed by atoms with E-state index in [4.69, 9.17) is 10.2 Å². The molecule has 1 heterocycles. The number of hydrogen-bond donors (Lipinski definition) is 2. The number of sulfonamides is 1. The van der Waals surface area contributed by atoms with Crippen molar-refractivity contribution in [2.24, 2.45) is 11.1 Å². The number of primary sulfonamides is 1. The maximum atomic E-state index is 11.2. The molecule has 17 heavy (non-hydrogen) atoms. The number of hydrogen-bond acceptors (Lipinski definition) is 4. The lowest BCUT2D eigenvalue weighted by molar-refractivity contribution is 0.0700. The number of aromatic carboxylic acids is 1. The molecule has 1 aromatic rings. The molecular weight excluding hydrogens is 262 g/mol. The Labute approximate surface area is 104 Å². The van der Waals surface area contributed by atoms with Crippen molar-refractivity contribution in [3.63, 3.8) is 0 Å².